The van der Waals surface area contributed by atoms with Crippen molar-refractivity contribution < 1.29 is 28.2 Å². The van der Waals surface area contributed by atoms with E-state index in [-0.39, 0.29) is 12.7 Å². The summed E-state index contributed by atoms with van der Waals surface area (Å²) in [4.78, 5) is 12.5. The highest BCUT2D eigenvalue weighted by Gasteiger charge is 2.20. The summed E-state index contributed by atoms with van der Waals surface area (Å²) in [6, 6.07) is 10.9. The van der Waals surface area contributed by atoms with E-state index in [1.165, 1.54) is 11.8 Å². The van der Waals surface area contributed by atoms with Gasteiger partial charge in [0.25, 0.3) is 11.1 Å². The van der Waals surface area contributed by atoms with E-state index in [4.69, 9.17) is 23.4 Å². The van der Waals surface area contributed by atoms with Gasteiger partial charge in [-0.05, 0) is 36.8 Å². The molecular formula is C21H21N3O6S. The molecule has 0 bridgehead atoms. The molecule has 1 aromatic heterocycles. The maximum absolute atomic E-state index is 12.5. The predicted octanol–water partition coefficient (Wildman–Crippen LogP) is 3.28. The Labute approximate surface area is 183 Å². The predicted molar refractivity (Wildman–Crippen MR) is 113 cm³/mol. The molecule has 2 heterocycles. The average molecular weight is 443 g/mol. The van der Waals surface area contributed by atoms with Gasteiger partial charge in [0.1, 0.15) is 11.5 Å². The Kier molecular flexibility index (Phi) is 6.17. The zero-order chi connectivity index (χ0) is 21.8. The Balaban J connectivity index is 1.36. The van der Waals surface area contributed by atoms with Gasteiger partial charge in [0.05, 0.1) is 25.0 Å². The first-order chi connectivity index (χ1) is 15.1. The lowest BCUT2D eigenvalue weighted by atomic mass is 10.2. The molecule has 1 N–H and O–H groups in total. The maximum Gasteiger partial charge on any atom is 0.277 e. The summed E-state index contributed by atoms with van der Waals surface area (Å²) >= 11 is 1.18. The molecule has 0 saturated carbocycles. The second-order valence-corrected chi connectivity index (χ2v) is 7.90. The van der Waals surface area contributed by atoms with Gasteiger partial charge in [-0.3, -0.25) is 4.79 Å². The molecule has 3 aromatic rings. The maximum atomic E-state index is 12.5. The van der Waals surface area contributed by atoms with Gasteiger partial charge in [-0.25, -0.2) is 0 Å². The van der Waals surface area contributed by atoms with Crippen LogP contribution in [0.3, 0.4) is 0 Å². The van der Waals surface area contributed by atoms with E-state index in [1.807, 2.05) is 18.2 Å². The lowest BCUT2D eigenvalue weighted by molar-refractivity contribution is -0.120. The number of carbonyl (C=O) groups excluding carboxylic acids is 1. The standard InChI is InChI=1S/C21H21N3O6S/c1-12(19(25)22-10-13-4-7-16-18(8-13)29-11-28-16)31-21-24-23-20(30-21)15-6-5-14(26-2)9-17(15)27-3/h4-9,12H,10-11H2,1-3H3,(H,22,25)/t12-/m1/s1. The van der Waals surface area contributed by atoms with Gasteiger partial charge in [0.2, 0.25) is 12.7 Å². The lowest BCUT2D eigenvalue weighted by Gasteiger charge is -2.10. The number of fused-ring (bicyclic) bond motifs is 1. The molecule has 1 aliphatic heterocycles. The van der Waals surface area contributed by atoms with Gasteiger partial charge in [-0.15, -0.1) is 10.2 Å². The number of benzene rings is 2. The number of nitrogens with one attached hydrogen (secondary N) is 1. The van der Waals surface area contributed by atoms with Crippen LogP contribution in [0.15, 0.2) is 46.0 Å². The molecule has 0 saturated heterocycles. The number of ether oxygens (including phenoxy) is 4. The third kappa shape index (κ3) is 4.69. The molecule has 10 heteroatoms. The number of carbonyl (C=O) groups is 1. The summed E-state index contributed by atoms with van der Waals surface area (Å²) in [7, 11) is 3.13. The van der Waals surface area contributed by atoms with Crippen LogP contribution in [0.1, 0.15) is 12.5 Å². The van der Waals surface area contributed by atoms with Gasteiger partial charge in [-0.1, -0.05) is 17.8 Å². The van der Waals surface area contributed by atoms with Crippen LogP contribution in [0, 0.1) is 0 Å². The fraction of sp³-hybridized carbons (Fsp3) is 0.286. The second kappa shape index (κ2) is 9.17. The summed E-state index contributed by atoms with van der Waals surface area (Å²) < 4.78 is 27.0. The summed E-state index contributed by atoms with van der Waals surface area (Å²) in [6.45, 7) is 2.36. The van der Waals surface area contributed by atoms with Gasteiger partial charge in [0.15, 0.2) is 11.5 Å². The van der Waals surface area contributed by atoms with E-state index in [9.17, 15) is 4.79 Å². The molecule has 1 aliphatic rings. The lowest BCUT2D eigenvalue weighted by Crippen LogP contribution is -2.30. The van der Waals surface area contributed by atoms with E-state index in [1.54, 1.807) is 39.3 Å². The van der Waals surface area contributed by atoms with E-state index in [0.29, 0.717) is 46.2 Å². The minimum Gasteiger partial charge on any atom is -0.497 e. The van der Waals surface area contributed by atoms with Gasteiger partial charge < -0.3 is 28.7 Å². The minimum absolute atomic E-state index is 0.149. The fourth-order valence-electron chi connectivity index (χ4n) is 2.93. The zero-order valence-corrected chi connectivity index (χ0v) is 18.0. The van der Waals surface area contributed by atoms with Crippen molar-refractivity contribution in [3.8, 4) is 34.5 Å². The summed E-state index contributed by atoms with van der Waals surface area (Å²) in [5.74, 6) is 2.75. The monoisotopic (exact) mass is 443 g/mol. The van der Waals surface area contributed by atoms with Crippen molar-refractivity contribution in [2.75, 3.05) is 21.0 Å². The van der Waals surface area contributed by atoms with Gasteiger partial charge in [-0.2, -0.15) is 0 Å². The van der Waals surface area contributed by atoms with Gasteiger partial charge in [0, 0.05) is 12.6 Å². The summed E-state index contributed by atoms with van der Waals surface area (Å²) in [5.41, 5.74) is 1.56. The molecule has 2 aromatic carbocycles. The van der Waals surface area contributed by atoms with Crippen LogP contribution in [0.2, 0.25) is 0 Å². The van der Waals surface area contributed by atoms with Crippen LogP contribution in [0.4, 0.5) is 0 Å². The number of aromatic nitrogens is 2. The molecule has 0 unspecified atom stereocenters. The second-order valence-electron chi connectivity index (χ2n) is 6.60. The Bertz CT molecular complexity index is 1090. The van der Waals surface area contributed by atoms with E-state index in [2.05, 4.69) is 15.5 Å². The molecule has 0 aliphatic carbocycles. The Morgan fingerprint density at radius 2 is 1.97 bits per heavy atom. The molecule has 162 valence electrons. The molecule has 9 nitrogen and oxygen atoms in total. The summed E-state index contributed by atoms with van der Waals surface area (Å²) in [6.07, 6.45) is 0. The smallest absolute Gasteiger partial charge is 0.277 e. The minimum atomic E-state index is -0.430. The number of thioether (sulfide) groups is 1. The molecule has 4 rings (SSSR count). The van der Waals surface area contributed by atoms with Crippen molar-refractivity contribution in [3.63, 3.8) is 0 Å². The largest absolute Gasteiger partial charge is 0.497 e. The molecule has 1 atom stereocenters. The van der Waals surface area contributed by atoms with Gasteiger partial charge >= 0.3 is 0 Å². The van der Waals surface area contributed by atoms with Crippen LogP contribution < -0.4 is 24.3 Å². The van der Waals surface area contributed by atoms with Crippen molar-refractivity contribution >= 4 is 17.7 Å². The Hall–Kier alpha value is -3.40. The van der Waals surface area contributed by atoms with Crippen LogP contribution in [0.25, 0.3) is 11.5 Å². The van der Waals surface area contributed by atoms with Crippen molar-refractivity contribution in [3.05, 3.63) is 42.0 Å². The average Bonchev–Trinajstić information content (AvgIpc) is 3.45. The Morgan fingerprint density at radius 3 is 2.77 bits per heavy atom. The van der Waals surface area contributed by atoms with Crippen molar-refractivity contribution in [1.82, 2.24) is 15.5 Å². The molecule has 0 radical (unpaired) electrons. The number of nitrogens with zero attached hydrogens (tertiary/aromatic N) is 2. The van der Waals surface area contributed by atoms with Crippen LogP contribution >= 0.6 is 11.8 Å². The van der Waals surface area contributed by atoms with E-state index < -0.39 is 5.25 Å². The first-order valence-electron chi connectivity index (χ1n) is 9.46. The molecular weight excluding hydrogens is 422 g/mol. The SMILES string of the molecule is COc1ccc(-c2nnc(S[C@H](C)C(=O)NCc3ccc4c(c3)OCO4)o2)c(OC)c1. The first-order valence-corrected chi connectivity index (χ1v) is 10.3. The molecule has 31 heavy (non-hydrogen) atoms. The molecule has 0 fully saturated rings. The van der Waals surface area contributed by atoms with E-state index in [0.717, 1.165) is 5.56 Å². The highest BCUT2D eigenvalue weighted by molar-refractivity contribution is 8.00. The normalized spacial score (nSPS) is 13.0. The number of hydrogen-bond acceptors (Lipinski definition) is 9. The van der Waals surface area contributed by atoms with Crippen LogP contribution in [0.5, 0.6) is 23.0 Å². The number of rotatable bonds is 8. The molecule has 0 spiro atoms. The van der Waals surface area contributed by atoms with E-state index >= 15 is 0 Å². The first kappa shape index (κ1) is 20.9. The van der Waals surface area contributed by atoms with Crippen molar-refractivity contribution in [2.45, 2.75) is 23.9 Å². The third-order valence-electron chi connectivity index (χ3n) is 4.60. The Morgan fingerprint density at radius 1 is 1.13 bits per heavy atom. The molecule has 1 amide bonds. The zero-order valence-electron chi connectivity index (χ0n) is 17.2. The highest BCUT2D eigenvalue weighted by atomic mass is 32.2. The highest BCUT2D eigenvalue weighted by Crippen LogP contribution is 2.35. The summed E-state index contributed by atoms with van der Waals surface area (Å²) in [5, 5.41) is 10.9. The van der Waals surface area contributed by atoms with Crippen LogP contribution in [-0.4, -0.2) is 42.4 Å². The number of amides is 1. The van der Waals surface area contributed by atoms with Crippen LogP contribution in [-0.2, 0) is 11.3 Å². The number of methoxy groups -OCH3 is 2. The third-order valence-corrected chi connectivity index (χ3v) is 5.53. The van der Waals surface area contributed by atoms with Crippen molar-refractivity contribution in [2.24, 2.45) is 0 Å². The fourth-order valence-corrected chi connectivity index (χ4v) is 3.64. The topological polar surface area (TPSA) is 105 Å². The number of hydrogen-bond donors (Lipinski definition) is 1. The quantitative estimate of drug-likeness (QED) is 0.525. The van der Waals surface area contributed by atoms with Crippen molar-refractivity contribution in [1.29, 1.82) is 0 Å².